The SMILES string of the molecule is C=C(C)C(=O)c1c[nH]c2ncc(-c3cc(C(=O)O)cs3)nc12. The standard InChI is InChI=1S/C15H11N3O3S/c1-7(2)13(19)9-4-16-14-12(9)18-10(5-17-14)11-3-8(6-22-11)15(20)21/h3-6H,1H2,2H3,(H,16,17)(H,20,21). The number of allylic oxidation sites excluding steroid dienone is 1. The van der Waals surface area contributed by atoms with Gasteiger partial charge in [0.25, 0.3) is 0 Å². The number of nitrogens with one attached hydrogen (secondary N) is 1. The lowest BCUT2D eigenvalue weighted by Gasteiger charge is -1.99. The number of H-pyrrole nitrogens is 1. The fourth-order valence-corrected chi connectivity index (χ4v) is 2.83. The summed E-state index contributed by atoms with van der Waals surface area (Å²) in [6.07, 6.45) is 3.11. The van der Waals surface area contributed by atoms with Crippen molar-refractivity contribution >= 4 is 34.3 Å². The Labute approximate surface area is 129 Å². The van der Waals surface area contributed by atoms with Crippen molar-refractivity contribution in [2.24, 2.45) is 0 Å². The summed E-state index contributed by atoms with van der Waals surface area (Å²) >= 11 is 1.27. The number of rotatable bonds is 4. The minimum atomic E-state index is -0.990. The number of carbonyl (C=O) groups is 2. The molecule has 3 rings (SSSR count). The normalized spacial score (nSPS) is 10.8. The number of carboxylic acids is 1. The van der Waals surface area contributed by atoms with E-state index in [1.165, 1.54) is 17.4 Å². The second-order valence-corrected chi connectivity index (χ2v) is 5.68. The number of fused-ring (bicyclic) bond motifs is 1. The fourth-order valence-electron chi connectivity index (χ4n) is 2.00. The Morgan fingerprint density at radius 1 is 1.41 bits per heavy atom. The molecule has 0 amide bonds. The van der Waals surface area contributed by atoms with Crippen LogP contribution in [0, 0.1) is 0 Å². The predicted octanol–water partition coefficient (Wildman–Crippen LogP) is 3.14. The van der Waals surface area contributed by atoms with Crippen molar-refractivity contribution in [3.05, 3.63) is 47.1 Å². The number of hydrogen-bond donors (Lipinski definition) is 2. The number of aromatic nitrogens is 3. The van der Waals surface area contributed by atoms with Crippen LogP contribution in [0.1, 0.15) is 27.6 Å². The van der Waals surface area contributed by atoms with E-state index in [4.69, 9.17) is 5.11 Å². The molecule has 0 atom stereocenters. The van der Waals surface area contributed by atoms with E-state index in [1.807, 2.05) is 0 Å². The summed E-state index contributed by atoms with van der Waals surface area (Å²) in [5.41, 5.74) is 2.51. The molecule has 7 heteroatoms. The molecule has 3 heterocycles. The zero-order valence-corrected chi connectivity index (χ0v) is 12.4. The van der Waals surface area contributed by atoms with E-state index in [-0.39, 0.29) is 11.3 Å². The number of Topliss-reactive ketones (excluding diaryl/α,β-unsaturated/α-hetero) is 1. The second-order valence-electron chi connectivity index (χ2n) is 4.77. The molecule has 0 spiro atoms. The van der Waals surface area contributed by atoms with E-state index < -0.39 is 5.97 Å². The van der Waals surface area contributed by atoms with Crippen molar-refractivity contribution in [2.75, 3.05) is 0 Å². The molecule has 6 nitrogen and oxygen atoms in total. The first-order chi connectivity index (χ1) is 10.5. The van der Waals surface area contributed by atoms with Crippen LogP contribution in [-0.2, 0) is 0 Å². The molecule has 3 aromatic heterocycles. The monoisotopic (exact) mass is 313 g/mol. The summed E-state index contributed by atoms with van der Waals surface area (Å²) in [5, 5.41) is 10.5. The van der Waals surface area contributed by atoms with Crippen LogP contribution in [0.4, 0.5) is 0 Å². The lowest BCUT2D eigenvalue weighted by molar-refractivity contribution is 0.0697. The Kier molecular flexibility index (Phi) is 3.34. The summed E-state index contributed by atoms with van der Waals surface area (Å²) < 4.78 is 0. The zero-order valence-electron chi connectivity index (χ0n) is 11.6. The largest absolute Gasteiger partial charge is 0.478 e. The van der Waals surface area contributed by atoms with E-state index in [0.717, 1.165) is 0 Å². The van der Waals surface area contributed by atoms with E-state index in [9.17, 15) is 9.59 Å². The fraction of sp³-hybridized carbons (Fsp3) is 0.0667. The Morgan fingerprint density at radius 2 is 2.18 bits per heavy atom. The third kappa shape index (κ3) is 2.31. The van der Waals surface area contributed by atoms with Gasteiger partial charge in [0, 0.05) is 11.6 Å². The molecule has 0 unspecified atom stereocenters. The molecule has 22 heavy (non-hydrogen) atoms. The summed E-state index contributed by atoms with van der Waals surface area (Å²) in [6, 6.07) is 1.54. The molecular formula is C15H11N3O3S. The first-order valence-electron chi connectivity index (χ1n) is 6.34. The summed E-state index contributed by atoms with van der Waals surface area (Å²) in [5.74, 6) is -1.19. The van der Waals surface area contributed by atoms with Crippen LogP contribution in [-0.4, -0.2) is 31.8 Å². The lowest BCUT2D eigenvalue weighted by Crippen LogP contribution is -1.99. The molecule has 0 aliphatic heterocycles. The van der Waals surface area contributed by atoms with Crippen LogP contribution in [0.15, 0.2) is 36.0 Å². The maximum atomic E-state index is 12.1. The van der Waals surface area contributed by atoms with Gasteiger partial charge in [0.15, 0.2) is 11.4 Å². The van der Waals surface area contributed by atoms with Crippen molar-refractivity contribution < 1.29 is 14.7 Å². The molecule has 0 saturated carbocycles. The van der Waals surface area contributed by atoms with Gasteiger partial charge in [0.1, 0.15) is 5.52 Å². The van der Waals surface area contributed by atoms with Crippen molar-refractivity contribution in [1.82, 2.24) is 15.0 Å². The van der Waals surface area contributed by atoms with Gasteiger partial charge in [-0.2, -0.15) is 0 Å². The molecule has 110 valence electrons. The van der Waals surface area contributed by atoms with Crippen LogP contribution in [0.2, 0.25) is 0 Å². The number of carbonyl (C=O) groups excluding carboxylic acids is 1. The smallest absolute Gasteiger partial charge is 0.336 e. The van der Waals surface area contributed by atoms with Gasteiger partial charge < -0.3 is 10.1 Å². The number of ketones is 1. The molecular weight excluding hydrogens is 302 g/mol. The Morgan fingerprint density at radius 3 is 2.82 bits per heavy atom. The van der Waals surface area contributed by atoms with E-state index in [0.29, 0.717) is 32.9 Å². The average Bonchev–Trinajstić information content (AvgIpc) is 3.12. The van der Waals surface area contributed by atoms with Gasteiger partial charge in [0.05, 0.1) is 27.9 Å². The first-order valence-corrected chi connectivity index (χ1v) is 7.22. The Hall–Kier alpha value is -2.80. The molecule has 0 bridgehead atoms. The predicted molar refractivity (Wildman–Crippen MR) is 83.3 cm³/mol. The topological polar surface area (TPSA) is 95.9 Å². The highest BCUT2D eigenvalue weighted by atomic mass is 32.1. The molecule has 0 aliphatic rings. The zero-order chi connectivity index (χ0) is 15.9. The van der Waals surface area contributed by atoms with Crippen LogP contribution in [0.3, 0.4) is 0 Å². The van der Waals surface area contributed by atoms with Crippen LogP contribution in [0.5, 0.6) is 0 Å². The van der Waals surface area contributed by atoms with E-state index in [2.05, 4.69) is 21.5 Å². The Balaban J connectivity index is 2.11. The maximum absolute atomic E-state index is 12.1. The van der Waals surface area contributed by atoms with Crippen LogP contribution >= 0.6 is 11.3 Å². The highest BCUT2D eigenvalue weighted by molar-refractivity contribution is 7.13. The quantitative estimate of drug-likeness (QED) is 0.570. The van der Waals surface area contributed by atoms with Gasteiger partial charge in [-0.05, 0) is 18.6 Å². The summed E-state index contributed by atoms with van der Waals surface area (Å²) in [4.78, 5) is 35.3. The lowest BCUT2D eigenvalue weighted by atomic mass is 10.1. The number of hydrogen-bond acceptors (Lipinski definition) is 5. The van der Waals surface area contributed by atoms with E-state index in [1.54, 1.807) is 24.7 Å². The minimum Gasteiger partial charge on any atom is -0.478 e. The van der Waals surface area contributed by atoms with Gasteiger partial charge in [-0.15, -0.1) is 11.3 Å². The van der Waals surface area contributed by atoms with Crippen molar-refractivity contribution in [1.29, 1.82) is 0 Å². The molecule has 0 aliphatic carbocycles. The third-order valence-electron chi connectivity index (χ3n) is 3.11. The number of carboxylic acid groups (broad SMARTS) is 1. The number of aromatic carboxylic acids is 1. The molecule has 3 aromatic rings. The van der Waals surface area contributed by atoms with Crippen molar-refractivity contribution in [2.45, 2.75) is 6.92 Å². The van der Waals surface area contributed by atoms with Crippen LogP contribution < -0.4 is 0 Å². The van der Waals surface area contributed by atoms with Crippen molar-refractivity contribution in [3.63, 3.8) is 0 Å². The van der Waals surface area contributed by atoms with Gasteiger partial charge in [-0.1, -0.05) is 6.58 Å². The maximum Gasteiger partial charge on any atom is 0.336 e. The number of nitrogens with zero attached hydrogens (tertiary/aromatic N) is 2. The summed E-state index contributed by atoms with van der Waals surface area (Å²) in [6.45, 7) is 5.28. The van der Waals surface area contributed by atoms with Gasteiger partial charge >= 0.3 is 5.97 Å². The molecule has 0 fully saturated rings. The van der Waals surface area contributed by atoms with Gasteiger partial charge in [-0.25, -0.2) is 14.8 Å². The summed E-state index contributed by atoms with van der Waals surface area (Å²) in [7, 11) is 0. The second kappa shape index (κ2) is 5.19. The average molecular weight is 313 g/mol. The highest BCUT2D eigenvalue weighted by Crippen LogP contribution is 2.27. The number of thiophene rings is 1. The van der Waals surface area contributed by atoms with Gasteiger partial charge in [0.2, 0.25) is 0 Å². The van der Waals surface area contributed by atoms with Gasteiger partial charge in [-0.3, -0.25) is 4.79 Å². The molecule has 0 saturated heterocycles. The van der Waals surface area contributed by atoms with Crippen molar-refractivity contribution in [3.8, 4) is 10.6 Å². The molecule has 0 radical (unpaired) electrons. The molecule has 2 N–H and O–H groups in total. The minimum absolute atomic E-state index is 0.199. The first kappa shape index (κ1) is 14.2. The highest BCUT2D eigenvalue weighted by Gasteiger charge is 2.16. The third-order valence-corrected chi connectivity index (χ3v) is 4.06. The Bertz CT molecular complexity index is 923. The number of aromatic amines is 1. The molecule has 0 aromatic carbocycles. The van der Waals surface area contributed by atoms with Crippen LogP contribution in [0.25, 0.3) is 21.7 Å². The van der Waals surface area contributed by atoms with E-state index >= 15 is 0 Å².